The molecule has 3 unspecified atom stereocenters. The second-order valence-electron chi connectivity index (χ2n) is 15.6. The smallest absolute Gasteiger partial charge is 0.326 e. The molecule has 17 heteroatoms. The van der Waals surface area contributed by atoms with Crippen LogP contribution in [0.4, 0.5) is 4.79 Å². The normalized spacial score (nSPS) is 12.6. The maximum Gasteiger partial charge on any atom is 0.326 e. The maximum absolute atomic E-state index is 12.7. The number of carboxylic acid groups (broad SMARTS) is 3. The van der Waals surface area contributed by atoms with E-state index in [-0.39, 0.29) is 43.9 Å². The summed E-state index contributed by atoms with van der Waals surface area (Å²) in [6, 6.07) is 19.9. The number of hydrogen-bond acceptors (Lipinski definition) is 10. The fraction of sp³-hybridized carbons (Fsp3) is 0.457. The molecule has 0 aliphatic rings. The predicted molar refractivity (Wildman–Crippen MR) is 235 cm³/mol. The number of amides is 4. The molecule has 338 valence electrons. The monoisotopic (exact) mass is 869 g/mol. The summed E-state index contributed by atoms with van der Waals surface area (Å²) in [5.74, 6) is -3.97. The largest absolute Gasteiger partial charge is 0.481 e. The molecule has 63 heavy (non-hydrogen) atoms. The molecular weight excluding hydrogens is 811 g/mol. The Morgan fingerprint density at radius 3 is 1.67 bits per heavy atom. The van der Waals surface area contributed by atoms with E-state index in [0.717, 1.165) is 33.2 Å². The highest BCUT2D eigenvalue weighted by molar-refractivity contribution is 5.85. The number of fused-ring (bicyclic) bond motifs is 2. The van der Waals surface area contributed by atoms with Crippen LogP contribution >= 0.6 is 0 Å². The minimum Gasteiger partial charge on any atom is -0.481 e. The molecule has 0 radical (unpaired) electrons. The van der Waals surface area contributed by atoms with Gasteiger partial charge in [0.1, 0.15) is 18.4 Å². The van der Waals surface area contributed by atoms with Crippen LogP contribution in [0.3, 0.4) is 0 Å². The average Bonchev–Trinajstić information content (AvgIpc) is 3.26. The molecule has 4 amide bonds. The van der Waals surface area contributed by atoms with Gasteiger partial charge in [0.05, 0.1) is 28.5 Å². The van der Waals surface area contributed by atoms with Crippen LogP contribution in [0.25, 0.3) is 21.8 Å². The van der Waals surface area contributed by atoms with Gasteiger partial charge in [0.15, 0.2) is 0 Å². The van der Waals surface area contributed by atoms with Gasteiger partial charge in [-0.25, -0.2) is 14.4 Å². The Hall–Kier alpha value is -6.49. The molecule has 3 atom stereocenters. The van der Waals surface area contributed by atoms with Crippen molar-refractivity contribution in [1.82, 2.24) is 36.1 Å². The summed E-state index contributed by atoms with van der Waals surface area (Å²) in [5, 5.41) is 40.2. The number of nitrogens with zero attached hydrogens (tertiary/aromatic N) is 3. The Kier molecular flexibility index (Phi) is 20.9. The fourth-order valence-corrected chi connectivity index (χ4v) is 7.07. The van der Waals surface area contributed by atoms with Crippen LogP contribution in [0.15, 0.2) is 72.8 Å². The first kappa shape index (κ1) is 49.2. The van der Waals surface area contributed by atoms with E-state index in [4.69, 9.17) is 15.1 Å². The molecule has 0 saturated carbocycles. The summed E-state index contributed by atoms with van der Waals surface area (Å²) in [7, 11) is 0. The Labute approximate surface area is 366 Å². The third-order valence-electron chi connectivity index (χ3n) is 10.5. The lowest BCUT2D eigenvalue weighted by Gasteiger charge is -2.22. The molecular formula is C46H59N7O10. The molecule has 2 aromatic carbocycles. The molecule has 0 spiro atoms. The van der Waals surface area contributed by atoms with Gasteiger partial charge in [0.2, 0.25) is 11.8 Å². The first-order chi connectivity index (χ1) is 30.4. The first-order valence-electron chi connectivity index (χ1n) is 21.6. The van der Waals surface area contributed by atoms with E-state index in [2.05, 4.69) is 38.3 Å². The molecule has 0 aliphatic heterocycles. The molecule has 0 aliphatic carbocycles. The molecule has 0 saturated heterocycles. The molecule has 17 nitrogen and oxygen atoms in total. The number of unbranched alkanes of at least 4 members (excludes halogenated alkanes) is 5. The molecule has 0 bridgehead atoms. The van der Waals surface area contributed by atoms with Crippen LogP contribution < -0.4 is 21.3 Å². The van der Waals surface area contributed by atoms with Crippen molar-refractivity contribution in [3.8, 4) is 0 Å². The Bertz CT molecular complexity index is 2070. The number of carboxylic acids is 3. The number of benzene rings is 2. The number of aliphatic carboxylic acids is 3. The summed E-state index contributed by atoms with van der Waals surface area (Å²) >= 11 is 0. The summed E-state index contributed by atoms with van der Waals surface area (Å²) in [4.78, 5) is 94.5. The highest BCUT2D eigenvalue weighted by atomic mass is 16.4. The highest BCUT2D eigenvalue weighted by Gasteiger charge is 2.22. The fourth-order valence-electron chi connectivity index (χ4n) is 7.07. The van der Waals surface area contributed by atoms with Gasteiger partial charge in [-0.3, -0.25) is 29.3 Å². The number of hydrogen-bond donors (Lipinski definition) is 7. The Morgan fingerprint density at radius 1 is 0.571 bits per heavy atom. The average molecular weight is 870 g/mol. The minimum absolute atomic E-state index is 0.0792. The van der Waals surface area contributed by atoms with Crippen molar-refractivity contribution >= 4 is 63.8 Å². The van der Waals surface area contributed by atoms with Gasteiger partial charge < -0.3 is 41.4 Å². The van der Waals surface area contributed by atoms with Crippen LogP contribution in [0.5, 0.6) is 0 Å². The molecule has 2 aromatic heterocycles. The Morgan fingerprint density at radius 2 is 1.11 bits per heavy atom. The van der Waals surface area contributed by atoms with Gasteiger partial charge in [-0.05, 0) is 88.6 Å². The van der Waals surface area contributed by atoms with E-state index in [1.54, 1.807) is 0 Å². The molecule has 7 N–H and O–H groups in total. The lowest BCUT2D eigenvalue weighted by molar-refractivity contribution is -0.142. The zero-order chi connectivity index (χ0) is 45.4. The summed E-state index contributed by atoms with van der Waals surface area (Å²) in [5.41, 5.74) is 3.70. The van der Waals surface area contributed by atoms with Crippen LogP contribution in [0.2, 0.25) is 0 Å². The van der Waals surface area contributed by atoms with E-state index in [9.17, 15) is 43.8 Å². The highest BCUT2D eigenvalue weighted by Crippen LogP contribution is 2.18. The van der Waals surface area contributed by atoms with Crippen molar-refractivity contribution in [3.63, 3.8) is 0 Å². The zero-order valence-corrected chi connectivity index (χ0v) is 35.5. The van der Waals surface area contributed by atoms with Crippen molar-refractivity contribution < 1.29 is 48.9 Å². The van der Waals surface area contributed by atoms with E-state index < -0.39 is 42.1 Å². The van der Waals surface area contributed by atoms with Crippen LogP contribution in [-0.4, -0.2) is 103 Å². The number of aromatic nitrogens is 2. The Balaban J connectivity index is 1.09. The number of carbonyl (C=O) groups is 7. The predicted octanol–water partition coefficient (Wildman–Crippen LogP) is 5.34. The number of urea groups is 1. The van der Waals surface area contributed by atoms with E-state index >= 15 is 0 Å². The second-order valence-corrected chi connectivity index (χ2v) is 15.6. The number of carbonyl (C=O) groups excluding carboxylic acids is 4. The van der Waals surface area contributed by atoms with Crippen LogP contribution in [0, 0.1) is 0 Å². The van der Waals surface area contributed by atoms with Gasteiger partial charge >= 0.3 is 23.9 Å². The van der Waals surface area contributed by atoms with Crippen molar-refractivity contribution in [2.45, 2.75) is 121 Å². The molecule has 4 aromatic rings. The quantitative estimate of drug-likeness (QED) is 0.0258. The standard InChI is InChI=1S/C46H59N7O10/c54-31-36(25-26-43(57)58)50-46(63)52-40(45(61)62)17-9-11-27-47-41(55)19-3-1-2-4-20-42(56)51-39(44(59)60)18-10-12-28-53(29-34-23-21-32-13-5-7-15-37(32)48-34)30-35-24-22-33-14-6-8-16-38(33)49-35/h5-8,13-16,21-24,31,36,39-40H,1-4,9-12,17-20,25-30H2,(H,47,55)(H,51,56)(H,57,58)(H,59,60)(H,61,62)(H2,50,52,63). The lowest BCUT2D eigenvalue weighted by Crippen LogP contribution is -2.49. The maximum atomic E-state index is 12.7. The SMILES string of the molecule is O=CC(CCC(=O)O)NC(=O)NC(CCCCNC(=O)CCCCCCC(=O)NC(CCCCN(Cc1ccc2ccccc2n1)Cc1ccc2ccccc2n1)C(=O)O)C(=O)O. The van der Waals surface area contributed by atoms with Gasteiger partial charge in [-0.2, -0.15) is 0 Å². The van der Waals surface area contributed by atoms with E-state index in [0.29, 0.717) is 90.3 Å². The second kappa shape index (κ2) is 26.8. The zero-order valence-electron chi connectivity index (χ0n) is 35.5. The number of aldehydes is 1. The minimum atomic E-state index is -1.27. The van der Waals surface area contributed by atoms with E-state index in [1.807, 2.05) is 60.7 Å². The van der Waals surface area contributed by atoms with Crippen molar-refractivity contribution in [2.75, 3.05) is 13.1 Å². The molecule has 2 heterocycles. The van der Waals surface area contributed by atoms with Gasteiger partial charge in [0, 0.05) is 49.7 Å². The third-order valence-corrected chi connectivity index (χ3v) is 10.5. The number of para-hydroxylation sites is 2. The van der Waals surface area contributed by atoms with Crippen LogP contribution in [0.1, 0.15) is 101 Å². The van der Waals surface area contributed by atoms with Crippen LogP contribution in [-0.2, 0) is 41.9 Å². The lowest BCUT2D eigenvalue weighted by atomic mass is 10.1. The van der Waals surface area contributed by atoms with E-state index in [1.165, 1.54) is 0 Å². The van der Waals surface area contributed by atoms with Crippen molar-refractivity contribution in [3.05, 3.63) is 84.2 Å². The molecule has 0 fully saturated rings. The summed E-state index contributed by atoms with van der Waals surface area (Å²) in [6.45, 7) is 2.18. The number of rotatable bonds is 30. The van der Waals surface area contributed by atoms with Crippen molar-refractivity contribution in [2.24, 2.45) is 0 Å². The van der Waals surface area contributed by atoms with Gasteiger partial charge in [-0.1, -0.05) is 61.4 Å². The first-order valence-corrected chi connectivity index (χ1v) is 21.6. The summed E-state index contributed by atoms with van der Waals surface area (Å²) in [6.07, 6.45) is 5.45. The topological polar surface area (TPSA) is 257 Å². The number of nitrogens with one attached hydrogen (secondary N) is 4. The number of pyridine rings is 2. The van der Waals surface area contributed by atoms with Gasteiger partial charge in [0.25, 0.3) is 0 Å². The van der Waals surface area contributed by atoms with Gasteiger partial charge in [-0.15, -0.1) is 0 Å². The summed E-state index contributed by atoms with van der Waals surface area (Å²) < 4.78 is 0. The molecule has 4 rings (SSSR count). The third kappa shape index (κ3) is 18.6. The van der Waals surface area contributed by atoms with Crippen molar-refractivity contribution in [1.29, 1.82) is 0 Å².